The molecule has 3 aromatic rings. The summed E-state index contributed by atoms with van der Waals surface area (Å²) in [5.74, 6) is 0.207. The van der Waals surface area contributed by atoms with Crippen LogP contribution in [0.25, 0.3) is 4.96 Å². The monoisotopic (exact) mass is 387 g/mol. The van der Waals surface area contributed by atoms with Crippen LogP contribution in [0.3, 0.4) is 0 Å². The van der Waals surface area contributed by atoms with Gasteiger partial charge in [-0.25, -0.2) is 0 Å². The molecule has 1 aromatic carbocycles. The molecular formula is C14H9ClF3N5OS. The van der Waals surface area contributed by atoms with Crippen LogP contribution >= 0.6 is 22.9 Å². The van der Waals surface area contributed by atoms with E-state index in [-0.39, 0.29) is 21.6 Å². The van der Waals surface area contributed by atoms with Crippen molar-refractivity contribution in [2.45, 2.75) is 24.9 Å². The molecule has 1 aliphatic rings. The van der Waals surface area contributed by atoms with Crippen LogP contribution in [-0.4, -0.2) is 25.7 Å². The van der Waals surface area contributed by atoms with Crippen molar-refractivity contribution in [2.24, 2.45) is 0 Å². The highest BCUT2D eigenvalue weighted by Crippen LogP contribution is 2.39. The van der Waals surface area contributed by atoms with Crippen LogP contribution < -0.4 is 5.32 Å². The zero-order chi connectivity index (χ0) is 17.8. The summed E-state index contributed by atoms with van der Waals surface area (Å²) in [5.41, 5.74) is -1.40. The number of alkyl halides is 3. The van der Waals surface area contributed by atoms with Gasteiger partial charge in [0.2, 0.25) is 9.97 Å². The Morgan fingerprint density at radius 2 is 2.08 bits per heavy atom. The fraction of sp³-hybridized carbons (Fsp3) is 0.286. The molecule has 1 N–H and O–H groups in total. The maximum atomic E-state index is 13.1. The number of carbonyl (C=O) groups is 1. The first-order valence-corrected chi connectivity index (χ1v) is 8.42. The normalized spacial score (nSPS) is 14.9. The first kappa shape index (κ1) is 16.3. The molecule has 1 aliphatic carbocycles. The van der Waals surface area contributed by atoms with E-state index >= 15 is 0 Å². The minimum absolute atomic E-state index is 0.00914. The Morgan fingerprint density at radius 3 is 2.76 bits per heavy atom. The summed E-state index contributed by atoms with van der Waals surface area (Å²) in [6.45, 7) is 0. The number of amides is 1. The minimum atomic E-state index is -4.64. The molecule has 1 amide bonds. The largest absolute Gasteiger partial charge is 0.418 e. The number of nitrogens with one attached hydrogen (secondary N) is 1. The molecule has 0 aliphatic heterocycles. The lowest BCUT2D eigenvalue weighted by atomic mass is 10.1. The van der Waals surface area contributed by atoms with E-state index in [1.165, 1.54) is 10.6 Å². The minimum Gasteiger partial charge on any atom is -0.319 e. The third-order valence-corrected chi connectivity index (χ3v) is 4.82. The molecule has 0 saturated heterocycles. The summed E-state index contributed by atoms with van der Waals surface area (Å²) in [7, 11) is 0. The molecule has 2 heterocycles. The maximum Gasteiger partial charge on any atom is 0.418 e. The number of aromatic nitrogens is 4. The summed E-state index contributed by atoms with van der Waals surface area (Å²) >= 11 is 6.59. The van der Waals surface area contributed by atoms with Crippen LogP contribution in [0.2, 0.25) is 5.02 Å². The summed E-state index contributed by atoms with van der Waals surface area (Å²) in [5, 5.41) is 14.3. The van der Waals surface area contributed by atoms with Crippen molar-refractivity contribution in [1.82, 2.24) is 19.8 Å². The van der Waals surface area contributed by atoms with Crippen LogP contribution in [-0.2, 0) is 6.18 Å². The standard InChI is InChI=1S/C14H9ClF3N5OS/c15-7-3-4-9(8(5-7)14(16,17)18)19-11(24)12-22-23-10(6-1-2-6)20-21-13(23)25-12/h3-6H,1-2H2,(H,19,24). The van der Waals surface area contributed by atoms with Crippen molar-refractivity contribution < 1.29 is 18.0 Å². The van der Waals surface area contributed by atoms with E-state index in [1.807, 2.05) is 0 Å². The second-order valence-electron chi connectivity index (χ2n) is 5.58. The maximum absolute atomic E-state index is 13.1. The fourth-order valence-electron chi connectivity index (χ4n) is 2.36. The zero-order valence-electron chi connectivity index (χ0n) is 12.3. The Bertz CT molecular complexity index is 979. The van der Waals surface area contributed by atoms with Gasteiger partial charge < -0.3 is 5.32 Å². The molecule has 1 fully saturated rings. The Hall–Kier alpha value is -2.20. The summed E-state index contributed by atoms with van der Waals surface area (Å²) in [4.78, 5) is 12.7. The molecule has 6 nitrogen and oxygen atoms in total. The third kappa shape index (κ3) is 3.07. The van der Waals surface area contributed by atoms with Crippen molar-refractivity contribution >= 4 is 39.5 Å². The van der Waals surface area contributed by atoms with Crippen molar-refractivity contribution in [3.05, 3.63) is 39.6 Å². The molecule has 11 heteroatoms. The molecule has 0 radical (unpaired) electrons. The van der Waals surface area contributed by atoms with Crippen molar-refractivity contribution in [1.29, 1.82) is 0 Å². The van der Waals surface area contributed by atoms with Crippen LogP contribution in [0.5, 0.6) is 0 Å². The molecule has 0 spiro atoms. The first-order valence-electron chi connectivity index (χ1n) is 7.23. The van der Waals surface area contributed by atoms with Crippen LogP contribution in [0, 0.1) is 0 Å². The van der Waals surface area contributed by atoms with Gasteiger partial charge in [0.05, 0.1) is 11.3 Å². The van der Waals surface area contributed by atoms with Crippen LogP contribution in [0.4, 0.5) is 18.9 Å². The van der Waals surface area contributed by atoms with Gasteiger partial charge in [-0.3, -0.25) is 4.79 Å². The Morgan fingerprint density at radius 1 is 1.32 bits per heavy atom. The van der Waals surface area contributed by atoms with Gasteiger partial charge in [-0.15, -0.1) is 15.3 Å². The van der Waals surface area contributed by atoms with Crippen LogP contribution in [0.1, 0.15) is 39.9 Å². The molecule has 130 valence electrons. The predicted molar refractivity (Wildman–Crippen MR) is 85.0 cm³/mol. The fourth-order valence-corrected chi connectivity index (χ4v) is 3.27. The molecule has 2 aromatic heterocycles. The Labute approximate surface area is 147 Å². The van der Waals surface area contributed by atoms with Gasteiger partial charge in [-0.1, -0.05) is 22.9 Å². The quantitative estimate of drug-likeness (QED) is 0.737. The predicted octanol–water partition coefficient (Wildman–Crippen LogP) is 3.99. The van der Waals surface area contributed by atoms with E-state index in [9.17, 15) is 18.0 Å². The average Bonchev–Trinajstić information content (AvgIpc) is 3.16. The molecule has 0 unspecified atom stereocenters. The molecular weight excluding hydrogens is 379 g/mol. The van der Waals surface area contributed by atoms with Gasteiger partial charge in [-0.2, -0.15) is 17.7 Å². The van der Waals surface area contributed by atoms with E-state index in [0.29, 0.717) is 10.8 Å². The SMILES string of the molecule is O=C(Nc1ccc(Cl)cc1C(F)(F)F)c1nn2c(C3CC3)nnc2s1. The highest BCUT2D eigenvalue weighted by atomic mass is 35.5. The third-order valence-electron chi connectivity index (χ3n) is 3.69. The molecule has 1 saturated carbocycles. The number of hydrogen-bond donors (Lipinski definition) is 1. The lowest BCUT2D eigenvalue weighted by molar-refractivity contribution is -0.136. The number of fused-ring (bicyclic) bond motifs is 1. The average molecular weight is 388 g/mol. The van der Waals surface area contributed by atoms with Gasteiger partial charge in [0.15, 0.2) is 5.82 Å². The van der Waals surface area contributed by atoms with Crippen molar-refractivity contribution in [2.75, 3.05) is 5.32 Å². The molecule has 4 rings (SSSR count). The number of halogens is 4. The second kappa shape index (κ2) is 5.67. The first-order chi connectivity index (χ1) is 11.8. The smallest absolute Gasteiger partial charge is 0.319 e. The van der Waals surface area contributed by atoms with E-state index in [4.69, 9.17) is 11.6 Å². The lowest BCUT2D eigenvalue weighted by Gasteiger charge is -2.13. The number of hydrogen-bond acceptors (Lipinski definition) is 5. The van der Waals surface area contributed by atoms with Gasteiger partial charge in [0.25, 0.3) is 5.91 Å². The number of rotatable bonds is 3. The number of benzene rings is 1. The van der Waals surface area contributed by atoms with E-state index in [0.717, 1.165) is 36.3 Å². The van der Waals surface area contributed by atoms with Gasteiger partial charge in [0.1, 0.15) is 0 Å². The highest BCUT2D eigenvalue weighted by Gasteiger charge is 2.35. The van der Waals surface area contributed by atoms with Crippen LogP contribution in [0.15, 0.2) is 18.2 Å². The summed E-state index contributed by atoms with van der Waals surface area (Å²) in [6, 6.07) is 3.15. The lowest BCUT2D eigenvalue weighted by Crippen LogP contribution is -2.17. The van der Waals surface area contributed by atoms with Crippen molar-refractivity contribution in [3.63, 3.8) is 0 Å². The van der Waals surface area contributed by atoms with Gasteiger partial charge >= 0.3 is 6.18 Å². The van der Waals surface area contributed by atoms with E-state index < -0.39 is 17.6 Å². The molecule has 0 atom stereocenters. The van der Waals surface area contributed by atoms with Crippen molar-refractivity contribution in [3.8, 4) is 0 Å². The molecule has 0 bridgehead atoms. The number of nitrogens with zero attached hydrogens (tertiary/aromatic N) is 4. The van der Waals surface area contributed by atoms with Gasteiger partial charge in [-0.05, 0) is 31.0 Å². The molecule has 25 heavy (non-hydrogen) atoms. The second-order valence-corrected chi connectivity index (χ2v) is 6.97. The van der Waals surface area contributed by atoms with E-state index in [1.54, 1.807) is 0 Å². The number of carbonyl (C=O) groups excluding carboxylic acids is 1. The topological polar surface area (TPSA) is 72.2 Å². The Kier molecular flexibility index (Phi) is 3.69. The highest BCUT2D eigenvalue weighted by molar-refractivity contribution is 7.18. The summed E-state index contributed by atoms with van der Waals surface area (Å²) in [6.07, 6.45) is -2.67. The van der Waals surface area contributed by atoms with Gasteiger partial charge in [0, 0.05) is 10.9 Å². The summed E-state index contributed by atoms with van der Waals surface area (Å²) < 4.78 is 40.8. The number of anilines is 1. The van der Waals surface area contributed by atoms with E-state index in [2.05, 4.69) is 20.6 Å². The Balaban J connectivity index is 1.64. The zero-order valence-corrected chi connectivity index (χ0v) is 13.9.